The second-order valence-electron chi connectivity index (χ2n) is 5.45. The zero-order chi connectivity index (χ0) is 12.6. The standard InChI is InChI=1S/C15H21NO/c1-5-16-10-12(9-15(3,4)17)13-8-11(2)6-7-14(13)16/h6-8,10,17H,5,9H2,1-4H3. The molecule has 0 aliphatic rings. The van der Waals surface area contributed by atoms with Gasteiger partial charge in [-0.05, 0) is 45.4 Å². The maximum atomic E-state index is 9.97. The van der Waals surface area contributed by atoms with Crippen LogP contribution < -0.4 is 0 Å². The van der Waals surface area contributed by atoms with E-state index < -0.39 is 5.60 Å². The summed E-state index contributed by atoms with van der Waals surface area (Å²) < 4.78 is 2.25. The van der Waals surface area contributed by atoms with Gasteiger partial charge in [-0.2, -0.15) is 0 Å². The predicted molar refractivity (Wildman–Crippen MR) is 72.4 cm³/mol. The number of aromatic nitrogens is 1. The lowest BCUT2D eigenvalue weighted by Gasteiger charge is -2.16. The van der Waals surface area contributed by atoms with E-state index in [1.807, 2.05) is 13.8 Å². The molecule has 0 aliphatic carbocycles. The molecule has 2 aromatic rings. The fraction of sp³-hybridized carbons (Fsp3) is 0.467. The van der Waals surface area contributed by atoms with Gasteiger partial charge in [-0.25, -0.2) is 0 Å². The fourth-order valence-corrected chi connectivity index (χ4v) is 2.35. The predicted octanol–water partition coefficient (Wildman–Crippen LogP) is 3.28. The van der Waals surface area contributed by atoms with Crippen LogP contribution in [0.25, 0.3) is 10.9 Å². The average Bonchev–Trinajstić information content (AvgIpc) is 2.54. The normalized spacial score (nSPS) is 12.3. The Balaban J connectivity index is 2.58. The maximum absolute atomic E-state index is 9.97. The van der Waals surface area contributed by atoms with Gasteiger partial charge in [0.05, 0.1) is 5.60 Å². The van der Waals surface area contributed by atoms with E-state index in [2.05, 4.69) is 42.8 Å². The van der Waals surface area contributed by atoms with Crippen molar-refractivity contribution >= 4 is 10.9 Å². The van der Waals surface area contributed by atoms with Crippen LogP contribution in [-0.2, 0) is 13.0 Å². The van der Waals surface area contributed by atoms with Crippen LogP contribution in [0, 0.1) is 6.92 Å². The smallest absolute Gasteiger partial charge is 0.0632 e. The highest BCUT2D eigenvalue weighted by Crippen LogP contribution is 2.26. The molecule has 2 rings (SSSR count). The second kappa shape index (κ2) is 4.19. The summed E-state index contributed by atoms with van der Waals surface area (Å²) in [6.07, 6.45) is 2.86. The summed E-state index contributed by atoms with van der Waals surface area (Å²) in [5.74, 6) is 0. The first kappa shape index (κ1) is 12.2. The van der Waals surface area contributed by atoms with Gasteiger partial charge in [-0.3, -0.25) is 0 Å². The third-order valence-electron chi connectivity index (χ3n) is 3.08. The fourth-order valence-electron chi connectivity index (χ4n) is 2.35. The summed E-state index contributed by atoms with van der Waals surface area (Å²) in [6, 6.07) is 6.52. The molecule has 0 fully saturated rings. The Bertz CT molecular complexity index is 532. The molecule has 1 heterocycles. The van der Waals surface area contributed by atoms with Gasteiger partial charge >= 0.3 is 0 Å². The summed E-state index contributed by atoms with van der Waals surface area (Å²) in [7, 11) is 0. The Hall–Kier alpha value is -1.28. The van der Waals surface area contributed by atoms with E-state index in [4.69, 9.17) is 0 Å². The van der Waals surface area contributed by atoms with Crippen LogP contribution in [0.1, 0.15) is 31.9 Å². The molecular weight excluding hydrogens is 210 g/mol. The van der Waals surface area contributed by atoms with Crippen LogP contribution in [0.5, 0.6) is 0 Å². The third-order valence-corrected chi connectivity index (χ3v) is 3.08. The van der Waals surface area contributed by atoms with Gasteiger partial charge in [0.2, 0.25) is 0 Å². The molecule has 0 radical (unpaired) electrons. The molecule has 1 aromatic carbocycles. The van der Waals surface area contributed by atoms with E-state index in [-0.39, 0.29) is 0 Å². The van der Waals surface area contributed by atoms with Crippen molar-refractivity contribution in [3.8, 4) is 0 Å². The van der Waals surface area contributed by atoms with E-state index in [1.54, 1.807) is 0 Å². The Kier molecular flexibility index (Phi) is 3.00. The number of fused-ring (bicyclic) bond motifs is 1. The molecule has 0 aliphatic heterocycles. The summed E-state index contributed by atoms with van der Waals surface area (Å²) in [5, 5.41) is 11.2. The first-order valence-electron chi connectivity index (χ1n) is 6.21. The van der Waals surface area contributed by atoms with Crippen LogP contribution in [0.4, 0.5) is 0 Å². The molecule has 17 heavy (non-hydrogen) atoms. The highest BCUT2D eigenvalue weighted by molar-refractivity contribution is 5.84. The van der Waals surface area contributed by atoms with E-state index >= 15 is 0 Å². The van der Waals surface area contributed by atoms with E-state index in [1.165, 1.54) is 22.0 Å². The van der Waals surface area contributed by atoms with Crippen molar-refractivity contribution < 1.29 is 5.11 Å². The maximum Gasteiger partial charge on any atom is 0.0632 e. The van der Waals surface area contributed by atoms with Crippen LogP contribution in [0.3, 0.4) is 0 Å². The Labute approximate surface area is 103 Å². The number of aliphatic hydroxyl groups is 1. The molecule has 0 saturated heterocycles. The van der Waals surface area contributed by atoms with E-state index in [0.29, 0.717) is 6.42 Å². The quantitative estimate of drug-likeness (QED) is 0.861. The van der Waals surface area contributed by atoms with E-state index in [9.17, 15) is 5.11 Å². The molecule has 0 spiro atoms. The molecule has 0 unspecified atom stereocenters. The SMILES string of the molecule is CCn1cc(CC(C)(C)O)c2cc(C)ccc21. The minimum Gasteiger partial charge on any atom is -0.390 e. The van der Waals surface area contributed by atoms with Gasteiger partial charge in [0.15, 0.2) is 0 Å². The molecule has 1 N–H and O–H groups in total. The topological polar surface area (TPSA) is 25.2 Å². The minimum absolute atomic E-state index is 0.656. The largest absolute Gasteiger partial charge is 0.390 e. The lowest BCUT2D eigenvalue weighted by Crippen LogP contribution is -2.21. The van der Waals surface area contributed by atoms with Gasteiger partial charge in [0.25, 0.3) is 0 Å². The lowest BCUT2D eigenvalue weighted by atomic mass is 9.98. The average molecular weight is 231 g/mol. The van der Waals surface area contributed by atoms with Crippen LogP contribution >= 0.6 is 0 Å². The van der Waals surface area contributed by atoms with Crippen LogP contribution in [0.2, 0.25) is 0 Å². The van der Waals surface area contributed by atoms with Crippen molar-refractivity contribution in [3.05, 3.63) is 35.5 Å². The molecule has 0 atom stereocenters. The van der Waals surface area contributed by atoms with Crippen molar-refractivity contribution in [2.24, 2.45) is 0 Å². The van der Waals surface area contributed by atoms with E-state index in [0.717, 1.165) is 6.54 Å². The first-order valence-corrected chi connectivity index (χ1v) is 6.21. The molecule has 1 aromatic heterocycles. The molecule has 0 amide bonds. The summed E-state index contributed by atoms with van der Waals surface area (Å²) >= 11 is 0. The summed E-state index contributed by atoms with van der Waals surface area (Å²) in [5.41, 5.74) is 3.11. The monoisotopic (exact) mass is 231 g/mol. The van der Waals surface area contributed by atoms with Gasteiger partial charge in [-0.1, -0.05) is 11.6 Å². The number of hydrogen-bond acceptors (Lipinski definition) is 1. The number of rotatable bonds is 3. The number of nitrogens with zero attached hydrogens (tertiary/aromatic N) is 1. The zero-order valence-electron chi connectivity index (χ0n) is 11.1. The summed E-state index contributed by atoms with van der Waals surface area (Å²) in [4.78, 5) is 0. The van der Waals surface area contributed by atoms with Crippen LogP contribution in [0.15, 0.2) is 24.4 Å². The van der Waals surface area contributed by atoms with Crippen molar-refractivity contribution in [1.29, 1.82) is 0 Å². The highest BCUT2D eigenvalue weighted by Gasteiger charge is 2.17. The number of aryl methyl sites for hydroxylation is 2. The van der Waals surface area contributed by atoms with Crippen LogP contribution in [-0.4, -0.2) is 15.3 Å². The molecule has 0 saturated carbocycles. The van der Waals surface area contributed by atoms with Gasteiger partial charge in [0.1, 0.15) is 0 Å². The third kappa shape index (κ3) is 2.52. The molecule has 0 bridgehead atoms. The minimum atomic E-state index is -0.656. The molecular formula is C15H21NO. The van der Waals surface area contributed by atoms with Crippen molar-refractivity contribution in [1.82, 2.24) is 4.57 Å². The first-order chi connectivity index (χ1) is 7.90. The Morgan fingerprint density at radius 3 is 2.59 bits per heavy atom. The Morgan fingerprint density at radius 1 is 1.29 bits per heavy atom. The zero-order valence-corrected chi connectivity index (χ0v) is 11.1. The van der Waals surface area contributed by atoms with Gasteiger partial charge in [-0.15, -0.1) is 0 Å². The van der Waals surface area contributed by atoms with Crippen molar-refractivity contribution in [3.63, 3.8) is 0 Å². The van der Waals surface area contributed by atoms with Crippen molar-refractivity contribution in [2.45, 2.75) is 46.3 Å². The molecule has 92 valence electrons. The highest BCUT2D eigenvalue weighted by atomic mass is 16.3. The van der Waals surface area contributed by atoms with Crippen molar-refractivity contribution in [2.75, 3.05) is 0 Å². The van der Waals surface area contributed by atoms with Gasteiger partial charge in [0, 0.05) is 30.1 Å². The number of benzene rings is 1. The molecule has 2 heteroatoms. The Morgan fingerprint density at radius 2 is 2.00 bits per heavy atom. The number of hydrogen-bond donors (Lipinski definition) is 1. The lowest BCUT2D eigenvalue weighted by molar-refractivity contribution is 0.0813. The summed E-state index contributed by atoms with van der Waals surface area (Å²) in [6.45, 7) is 8.94. The second-order valence-corrected chi connectivity index (χ2v) is 5.45. The molecule has 2 nitrogen and oxygen atoms in total. The van der Waals surface area contributed by atoms with Gasteiger partial charge < -0.3 is 9.67 Å².